The Morgan fingerprint density at radius 2 is 1.77 bits per heavy atom. The number of hydrogen-bond acceptors (Lipinski definition) is 6. The van der Waals surface area contributed by atoms with Gasteiger partial charge in [-0.05, 0) is 25.8 Å². The van der Waals surface area contributed by atoms with E-state index in [0.29, 0.717) is 0 Å². The third-order valence-electron chi connectivity index (χ3n) is 0.557. The van der Waals surface area contributed by atoms with E-state index in [2.05, 4.69) is 19.6 Å². The summed E-state index contributed by atoms with van der Waals surface area (Å²) in [4.78, 5) is 28.3. The van der Waals surface area contributed by atoms with E-state index in [1.807, 2.05) is 0 Å². The second kappa shape index (κ2) is 4.63. The van der Waals surface area contributed by atoms with Crippen molar-refractivity contribution in [2.24, 2.45) is 0 Å². The number of ether oxygens (including phenoxy) is 1. The molecule has 1 N–H and O–H groups in total. The lowest BCUT2D eigenvalue weighted by Gasteiger charge is -2.14. The number of carbonyl (C=O) groups is 2. The van der Waals surface area contributed by atoms with Gasteiger partial charge in [-0.2, -0.15) is 9.68 Å². The molecule has 0 aromatic rings. The Balaban J connectivity index is 3.54. The highest BCUT2D eigenvalue weighted by atomic mass is 17.5. The minimum absolute atomic E-state index is 0.677. The van der Waals surface area contributed by atoms with Gasteiger partial charge in [0.25, 0.3) is 0 Å². The first-order valence-corrected chi connectivity index (χ1v) is 3.28. The minimum atomic E-state index is -1.79. The zero-order valence-corrected chi connectivity index (χ0v) is 7.40. The molecule has 0 saturated carbocycles. The lowest BCUT2D eigenvalue weighted by Crippen LogP contribution is -2.21. The van der Waals surface area contributed by atoms with Gasteiger partial charge in [-0.1, -0.05) is 0 Å². The van der Waals surface area contributed by atoms with Crippen molar-refractivity contribution < 1.29 is 34.2 Å². The van der Waals surface area contributed by atoms with E-state index in [1.54, 1.807) is 20.8 Å². The molecule has 0 aliphatic rings. The maximum atomic E-state index is 10.3. The number of carboxylic acid groups (broad SMARTS) is 1. The van der Waals surface area contributed by atoms with Crippen LogP contribution in [0.4, 0.5) is 9.59 Å². The first kappa shape index (κ1) is 11.7. The summed E-state index contributed by atoms with van der Waals surface area (Å²) in [6.07, 6.45) is -3.30. The second-order valence-electron chi connectivity index (χ2n) is 2.97. The molecule has 76 valence electrons. The van der Waals surface area contributed by atoms with Crippen molar-refractivity contribution in [3.8, 4) is 0 Å². The van der Waals surface area contributed by atoms with Crippen LogP contribution in [0.25, 0.3) is 0 Å². The summed E-state index contributed by atoms with van der Waals surface area (Å²) in [6, 6.07) is 0. The van der Waals surface area contributed by atoms with E-state index in [0.717, 1.165) is 0 Å². The monoisotopic (exact) mass is 194 g/mol. The highest BCUT2D eigenvalue weighted by molar-refractivity contribution is 5.75. The van der Waals surface area contributed by atoms with Gasteiger partial charge >= 0.3 is 12.3 Å². The van der Waals surface area contributed by atoms with Crippen LogP contribution >= 0.6 is 0 Å². The van der Waals surface area contributed by atoms with Crippen LogP contribution in [0.1, 0.15) is 20.8 Å². The Hall–Kier alpha value is -1.34. The zero-order valence-electron chi connectivity index (χ0n) is 7.40. The van der Waals surface area contributed by atoms with Crippen LogP contribution in [0.15, 0.2) is 0 Å². The van der Waals surface area contributed by atoms with E-state index in [-0.39, 0.29) is 0 Å². The SMILES string of the molecule is CC(C)(C)OOOC(=O)OC(=O)O. The summed E-state index contributed by atoms with van der Waals surface area (Å²) < 4.78 is 3.52. The molecule has 0 fully saturated rings. The third-order valence-corrected chi connectivity index (χ3v) is 0.557. The molecule has 0 atom stereocenters. The molecule has 7 heteroatoms. The fourth-order valence-electron chi connectivity index (χ4n) is 0.235. The molecular weight excluding hydrogens is 184 g/mol. The van der Waals surface area contributed by atoms with Gasteiger partial charge in [-0.15, -0.1) is 0 Å². The summed E-state index contributed by atoms with van der Waals surface area (Å²) >= 11 is 0. The second-order valence-corrected chi connectivity index (χ2v) is 2.97. The van der Waals surface area contributed by atoms with Crippen LogP contribution in [0, 0.1) is 0 Å². The highest BCUT2D eigenvalue weighted by Gasteiger charge is 2.16. The predicted octanol–water partition coefficient (Wildman–Crippen LogP) is 1.48. The minimum Gasteiger partial charge on any atom is -0.449 e. The van der Waals surface area contributed by atoms with Crippen LogP contribution in [-0.2, 0) is 19.6 Å². The molecule has 0 radical (unpaired) electrons. The lowest BCUT2D eigenvalue weighted by molar-refractivity contribution is -0.513. The van der Waals surface area contributed by atoms with Crippen molar-refractivity contribution in [3.63, 3.8) is 0 Å². The Bertz CT molecular complexity index is 192. The highest BCUT2D eigenvalue weighted by Crippen LogP contribution is 2.07. The Morgan fingerprint density at radius 1 is 1.23 bits per heavy atom. The summed E-state index contributed by atoms with van der Waals surface area (Å²) in [5.41, 5.74) is -0.677. The molecule has 0 heterocycles. The molecule has 0 saturated heterocycles. The first-order valence-electron chi connectivity index (χ1n) is 3.28. The van der Waals surface area contributed by atoms with Crippen LogP contribution in [0.5, 0.6) is 0 Å². The van der Waals surface area contributed by atoms with Crippen LogP contribution in [0.3, 0.4) is 0 Å². The molecule has 0 amide bonds. The molecule has 0 aromatic heterocycles. The van der Waals surface area contributed by atoms with E-state index in [9.17, 15) is 9.59 Å². The largest absolute Gasteiger partial charge is 0.553 e. The Labute approximate surface area is 74.0 Å². The molecule has 0 aliphatic heterocycles. The summed E-state index contributed by atoms with van der Waals surface area (Å²) in [5.74, 6) is 0. The quantitative estimate of drug-likeness (QED) is 0.308. The van der Waals surface area contributed by atoms with Gasteiger partial charge in [0.15, 0.2) is 0 Å². The summed E-state index contributed by atoms with van der Waals surface area (Å²) in [7, 11) is 0. The first-order chi connectivity index (χ1) is 5.81. The van der Waals surface area contributed by atoms with Gasteiger partial charge in [-0.25, -0.2) is 9.68 Å². The fraction of sp³-hybridized carbons (Fsp3) is 0.667. The maximum Gasteiger partial charge on any atom is 0.553 e. The average molecular weight is 194 g/mol. The van der Waals surface area contributed by atoms with Crippen molar-refractivity contribution in [3.05, 3.63) is 0 Å². The summed E-state index contributed by atoms with van der Waals surface area (Å²) in [6.45, 7) is 4.91. The molecule has 0 rings (SSSR count). The molecule has 0 unspecified atom stereocenters. The van der Waals surface area contributed by atoms with Crippen molar-refractivity contribution in [1.82, 2.24) is 0 Å². The standard InChI is InChI=1S/C6H10O7/c1-6(2,3)12-13-11-5(9)10-4(7)8/h1-3H3,(H,7,8). The van der Waals surface area contributed by atoms with E-state index in [1.165, 1.54) is 0 Å². The Morgan fingerprint density at radius 3 is 2.15 bits per heavy atom. The fourth-order valence-corrected chi connectivity index (χ4v) is 0.235. The normalized spacial score (nSPS) is 10.7. The van der Waals surface area contributed by atoms with Crippen molar-refractivity contribution in [2.75, 3.05) is 0 Å². The topological polar surface area (TPSA) is 91.3 Å². The van der Waals surface area contributed by atoms with Gasteiger partial charge in [0.2, 0.25) is 0 Å². The average Bonchev–Trinajstić information content (AvgIpc) is 1.81. The van der Waals surface area contributed by atoms with Gasteiger partial charge in [0, 0.05) is 0 Å². The molecule has 0 aliphatic carbocycles. The Kier molecular flexibility index (Phi) is 4.15. The molecule has 7 nitrogen and oxygen atoms in total. The van der Waals surface area contributed by atoms with Crippen LogP contribution < -0.4 is 0 Å². The molecule has 0 aromatic carbocycles. The van der Waals surface area contributed by atoms with E-state index >= 15 is 0 Å². The number of hydrogen-bond donors (Lipinski definition) is 1. The molecule has 13 heavy (non-hydrogen) atoms. The van der Waals surface area contributed by atoms with Gasteiger partial charge in [0.1, 0.15) is 0 Å². The molecular formula is C6H10O7. The number of carbonyl (C=O) groups excluding carboxylic acids is 1. The number of rotatable bonds is 2. The summed E-state index contributed by atoms with van der Waals surface area (Å²) in [5, 5.41) is 11.8. The van der Waals surface area contributed by atoms with Gasteiger partial charge in [-0.3, -0.25) is 0 Å². The third kappa shape index (κ3) is 8.57. The van der Waals surface area contributed by atoms with Gasteiger partial charge in [0.05, 0.1) is 5.60 Å². The lowest BCUT2D eigenvalue weighted by atomic mass is 10.2. The maximum absolute atomic E-state index is 10.3. The molecule has 0 spiro atoms. The van der Waals surface area contributed by atoms with Gasteiger partial charge < -0.3 is 9.84 Å². The zero-order chi connectivity index (χ0) is 10.5. The van der Waals surface area contributed by atoms with Crippen LogP contribution in [0.2, 0.25) is 0 Å². The van der Waals surface area contributed by atoms with Crippen molar-refractivity contribution >= 4 is 12.3 Å². The molecule has 0 bridgehead atoms. The van der Waals surface area contributed by atoms with Crippen LogP contribution in [-0.4, -0.2) is 23.0 Å². The van der Waals surface area contributed by atoms with E-state index in [4.69, 9.17) is 5.11 Å². The van der Waals surface area contributed by atoms with Crippen molar-refractivity contribution in [1.29, 1.82) is 0 Å². The van der Waals surface area contributed by atoms with Crippen molar-refractivity contribution in [2.45, 2.75) is 26.4 Å². The predicted molar refractivity (Wildman–Crippen MR) is 37.5 cm³/mol. The van der Waals surface area contributed by atoms with E-state index < -0.39 is 17.9 Å². The smallest absolute Gasteiger partial charge is 0.449 e.